The lowest BCUT2D eigenvalue weighted by atomic mass is 10.1. The number of imidazole rings is 1. The Kier molecular flexibility index (Phi) is 5.76. The lowest BCUT2D eigenvalue weighted by Crippen LogP contribution is -2.49. The summed E-state index contributed by atoms with van der Waals surface area (Å²) >= 11 is 0. The third-order valence-corrected chi connectivity index (χ3v) is 6.22. The number of rotatable bonds is 6. The van der Waals surface area contributed by atoms with Crippen LogP contribution < -0.4 is 15.0 Å². The van der Waals surface area contributed by atoms with Gasteiger partial charge in [0.25, 0.3) is 5.91 Å². The summed E-state index contributed by atoms with van der Waals surface area (Å²) in [5, 5.41) is 2.97. The zero-order chi connectivity index (χ0) is 23.7. The molecule has 5 rings (SSSR count). The lowest BCUT2D eigenvalue weighted by Gasteiger charge is -2.33. The zero-order valence-electron chi connectivity index (χ0n) is 19.2. The number of benzene rings is 3. The van der Waals surface area contributed by atoms with Crippen LogP contribution in [-0.4, -0.2) is 34.0 Å². The van der Waals surface area contributed by atoms with E-state index >= 15 is 0 Å². The summed E-state index contributed by atoms with van der Waals surface area (Å²) in [5.74, 6) is 1.13. The van der Waals surface area contributed by atoms with Crippen LogP contribution in [0.2, 0.25) is 0 Å². The number of carbonyl (C=O) groups is 2. The highest BCUT2D eigenvalue weighted by molar-refractivity contribution is 6.06. The summed E-state index contributed by atoms with van der Waals surface area (Å²) in [6.07, 6.45) is 1.59. The number of nitrogens with zero attached hydrogens (tertiary/aromatic N) is 3. The highest BCUT2D eigenvalue weighted by Crippen LogP contribution is 2.33. The van der Waals surface area contributed by atoms with E-state index in [1.807, 2.05) is 61.6 Å². The number of aryl methyl sites for hydroxylation is 3. The highest BCUT2D eigenvalue weighted by atomic mass is 16.5. The molecule has 3 aromatic carbocycles. The lowest BCUT2D eigenvalue weighted by molar-refractivity contribution is -0.125. The molecule has 0 spiro atoms. The number of nitrogens with one attached hydrogen (secondary N) is 1. The normalized spacial score (nSPS) is 13.9. The van der Waals surface area contributed by atoms with Crippen molar-refractivity contribution in [2.45, 2.75) is 25.8 Å². The van der Waals surface area contributed by atoms with Gasteiger partial charge in [-0.05, 0) is 55.3 Å². The minimum atomic E-state index is -0.679. The Labute approximate surface area is 198 Å². The summed E-state index contributed by atoms with van der Waals surface area (Å²) in [6.45, 7) is 1.65. The second kappa shape index (κ2) is 9.02. The summed E-state index contributed by atoms with van der Waals surface area (Å²) in [7, 11) is 2.04. The van der Waals surface area contributed by atoms with Gasteiger partial charge in [0.2, 0.25) is 5.91 Å². The fourth-order valence-corrected chi connectivity index (χ4v) is 4.39. The van der Waals surface area contributed by atoms with Crippen LogP contribution in [-0.2, 0) is 29.5 Å². The third kappa shape index (κ3) is 4.12. The van der Waals surface area contributed by atoms with Crippen molar-refractivity contribution in [3.05, 3.63) is 84.2 Å². The Balaban J connectivity index is 1.28. The van der Waals surface area contributed by atoms with Crippen molar-refractivity contribution in [2.24, 2.45) is 7.05 Å². The number of anilines is 2. The van der Waals surface area contributed by atoms with Gasteiger partial charge in [0.15, 0.2) is 6.61 Å². The van der Waals surface area contributed by atoms with E-state index in [-0.39, 0.29) is 18.4 Å². The van der Waals surface area contributed by atoms with Crippen LogP contribution in [0, 0.1) is 0 Å². The summed E-state index contributed by atoms with van der Waals surface area (Å²) in [4.78, 5) is 31.8. The Bertz CT molecular complexity index is 1380. The predicted octanol–water partition coefficient (Wildman–Crippen LogP) is 4.11. The first-order chi connectivity index (χ1) is 16.5. The fraction of sp³-hybridized carbons (Fsp3) is 0.222. The van der Waals surface area contributed by atoms with E-state index in [0.717, 1.165) is 35.3 Å². The molecule has 4 aromatic rings. The molecule has 34 heavy (non-hydrogen) atoms. The number of hydrogen-bond donors (Lipinski definition) is 1. The van der Waals surface area contributed by atoms with E-state index in [9.17, 15) is 9.59 Å². The van der Waals surface area contributed by atoms with E-state index in [0.29, 0.717) is 17.1 Å². The number of amides is 2. The third-order valence-electron chi connectivity index (χ3n) is 6.22. The molecule has 2 heterocycles. The first kappa shape index (κ1) is 21.7. The van der Waals surface area contributed by atoms with Crippen molar-refractivity contribution in [2.75, 3.05) is 16.8 Å². The van der Waals surface area contributed by atoms with Crippen LogP contribution in [0.5, 0.6) is 5.75 Å². The zero-order valence-corrected chi connectivity index (χ0v) is 19.2. The summed E-state index contributed by atoms with van der Waals surface area (Å²) in [6, 6.07) is 22.5. The first-order valence-corrected chi connectivity index (χ1v) is 11.4. The van der Waals surface area contributed by atoms with E-state index in [1.54, 1.807) is 19.1 Å². The molecule has 1 aliphatic heterocycles. The second-order valence-electron chi connectivity index (χ2n) is 8.46. The van der Waals surface area contributed by atoms with Crippen LogP contribution in [0.25, 0.3) is 11.0 Å². The molecule has 1 aliphatic rings. The van der Waals surface area contributed by atoms with Crippen molar-refractivity contribution < 1.29 is 14.3 Å². The molecule has 172 valence electrons. The molecule has 0 unspecified atom stereocenters. The topological polar surface area (TPSA) is 76.5 Å². The quantitative estimate of drug-likeness (QED) is 0.476. The summed E-state index contributed by atoms with van der Waals surface area (Å²) < 4.78 is 7.62. The average Bonchev–Trinajstić information content (AvgIpc) is 3.18. The van der Waals surface area contributed by atoms with Crippen molar-refractivity contribution in [1.82, 2.24) is 9.55 Å². The van der Waals surface area contributed by atoms with Crippen molar-refractivity contribution in [1.29, 1.82) is 0 Å². The first-order valence-electron chi connectivity index (χ1n) is 11.4. The van der Waals surface area contributed by atoms with E-state index in [4.69, 9.17) is 9.72 Å². The largest absolute Gasteiger partial charge is 0.482 e. The summed E-state index contributed by atoms with van der Waals surface area (Å²) in [5.41, 5.74) is 4.53. The molecule has 1 aromatic heterocycles. The van der Waals surface area contributed by atoms with Crippen LogP contribution in [0.4, 0.5) is 11.4 Å². The molecule has 0 radical (unpaired) electrons. The predicted molar refractivity (Wildman–Crippen MR) is 132 cm³/mol. The van der Waals surface area contributed by atoms with Crippen molar-refractivity contribution in [3.8, 4) is 5.75 Å². The molecule has 1 N–H and O–H groups in total. The number of para-hydroxylation sites is 4. The van der Waals surface area contributed by atoms with Gasteiger partial charge < -0.3 is 14.6 Å². The minimum absolute atomic E-state index is 0.0771. The number of carbonyl (C=O) groups excluding carboxylic acids is 2. The van der Waals surface area contributed by atoms with Crippen LogP contribution in [0.15, 0.2) is 72.8 Å². The molecule has 0 bridgehead atoms. The van der Waals surface area contributed by atoms with E-state index in [1.165, 1.54) is 4.90 Å². The van der Waals surface area contributed by atoms with Gasteiger partial charge in [-0.3, -0.25) is 14.5 Å². The monoisotopic (exact) mass is 454 g/mol. The highest BCUT2D eigenvalue weighted by Gasteiger charge is 2.32. The average molecular weight is 455 g/mol. The molecular formula is C27H26N4O3. The van der Waals surface area contributed by atoms with Crippen LogP contribution >= 0.6 is 0 Å². The Hall–Kier alpha value is -4.13. The minimum Gasteiger partial charge on any atom is -0.482 e. The Morgan fingerprint density at radius 3 is 2.71 bits per heavy atom. The number of hydrogen-bond acceptors (Lipinski definition) is 4. The Morgan fingerprint density at radius 2 is 1.85 bits per heavy atom. The number of fused-ring (bicyclic) bond motifs is 2. The molecule has 7 heteroatoms. The molecular weight excluding hydrogens is 428 g/mol. The van der Waals surface area contributed by atoms with Crippen LogP contribution in [0.3, 0.4) is 0 Å². The smallest absolute Gasteiger partial charge is 0.265 e. The van der Waals surface area contributed by atoms with Gasteiger partial charge in [0, 0.05) is 19.2 Å². The molecule has 0 saturated carbocycles. The Morgan fingerprint density at radius 1 is 1.06 bits per heavy atom. The van der Waals surface area contributed by atoms with Gasteiger partial charge in [-0.25, -0.2) is 4.98 Å². The van der Waals surface area contributed by atoms with Gasteiger partial charge in [-0.2, -0.15) is 0 Å². The van der Waals surface area contributed by atoms with Crippen molar-refractivity contribution in [3.63, 3.8) is 0 Å². The standard InChI is InChI=1S/C27H26N4O3/c1-18(31-23-12-5-6-13-24(23)34-17-26(31)32)27(33)28-20-9-7-8-19(16-20)14-15-25-29-21-10-3-4-11-22(21)30(25)2/h3-13,16,18H,14-15,17H2,1-2H3,(H,28,33)/t18-/m0/s1. The molecule has 0 fully saturated rings. The van der Waals surface area contributed by atoms with Gasteiger partial charge in [-0.1, -0.05) is 36.4 Å². The maximum atomic E-state index is 13.0. The molecule has 0 aliphatic carbocycles. The number of ether oxygens (including phenoxy) is 1. The van der Waals surface area contributed by atoms with Gasteiger partial charge >= 0.3 is 0 Å². The maximum absolute atomic E-state index is 13.0. The number of aromatic nitrogens is 2. The molecule has 7 nitrogen and oxygen atoms in total. The van der Waals surface area contributed by atoms with Crippen LogP contribution in [0.1, 0.15) is 18.3 Å². The van der Waals surface area contributed by atoms with Gasteiger partial charge in [-0.15, -0.1) is 0 Å². The SMILES string of the molecule is C[C@@H](C(=O)Nc1cccc(CCc2nc3ccccc3n2C)c1)N1C(=O)COc2ccccc21. The molecule has 1 atom stereocenters. The van der Waals surface area contributed by atoms with Crippen molar-refractivity contribution >= 4 is 34.2 Å². The van der Waals surface area contributed by atoms with Gasteiger partial charge in [0.05, 0.1) is 16.7 Å². The molecule has 2 amide bonds. The second-order valence-corrected chi connectivity index (χ2v) is 8.46. The maximum Gasteiger partial charge on any atom is 0.265 e. The fourth-order valence-electron chi connectivity index (χ4n) is 4.39. The molecule has 0 saturated heterocycles. The van der Waals surface area contributed by atoms with E-state index in [2.05, 4.69) is 16.0 Å². The van der Waals surface area contributed by atoms with E-state index < -0.39 is 6.04 Å². The van der Waals surface area contributed by atoms with Gasteiger partial charge in [0.1, 0.15) is 17.6 Å².